The van der Waals surface area contributed by atoms with Gasteiger partial charge in [0.15, 0.2) is 0 Å². The predicted molar refractivity (Wildman–Crippen MR) is 71.7 cm³/mol. The molecule has 1 aromatic carbocycles. The summed E-state index contributed by atoms with van der Waals surface area (Å²) >= 11 is 0. The lowest BCUT2D eigenvalue weighted by molar-refractivity contribution is -0.126. The maximum Gasteiger partial charge on any atom is 0.228 e. The van der Waals surface area contributed by atoms with Gasteiger partial charge in [0.2, 0.25) is 11.8 Å². The van der Waals surface area contributed by atoms with Crippen molar-refractivity contribution in [2.45, 2.75) is 19.3 Å². The quantitative estimate of drug-likeness (QED) is 0.753. The number of para-hydroxylation sites is 1. The molecule has 1 aromatic rings. The second kappa shape index (κ2) is 5.84. The van der Waals surface area contributed by atoms with Crippen LogP contribution in [0, 0.1) is 5.92 Å². The van der Waals surface area contributed by atoms with Gasteiger partial charge in [0.05, 0.1) is 5.92 Å². The largest absolute Gasteiger partial charge is 0.396 e. The molecule has 0 aliphatic carbocycles. The molecule has 2 rings (SSSR count). The molecule has 1 aliphatic rings. The van der Waals surface area contributed by atoms with E-state index in [9.17, 15) is 9.59 Å². The van der Waals surface area contributed by atoms with Gasteiger partial charge in [0, 0.05) is 25.3 Å². The summed E-state index contributed by atoms with van der Waals surface area (Å²) < 4.78 is 0. The van der Waals surface area contributed by atoms with Crippen molar-refractivity contribution >= 4 is 17.5 Å². The van der Waals surface area contributed by atoms with Crippen molar-refractivity contribution in [3.8, 4) is 0 Å². The Bertz CT molecular complexity index is 487. The van der Waals surface area contributed by atoms with E-state index in [2.05, 4.69) is 10.6 Å². The molecule has 102 valence electrons. The number of aliphatic hydroxyl groups excluding tert-OH is 1. The zero-order valence-electron chi connectivity index (χ0n) is 10.8. The van der Waals surface area contributed by atoms with E-state index in [0.717, 1.165) is 5.56 Å². The number of rotatable bonds is 4. The highest BCUT2D eigenvalue weighted by molar-refractivity contribution is 6.01. The molecular weight excluding hydrogens is 244 g/mol. The molecule has 2 unspecified atom stereocenters. The zero-order valence-corrected chi connectivity index (χ0v) is 10.8. The highest BCUT2D eigenvalue weighted by atomic mass is 16.3. The van der Waals surface area contributed by atoms with Gasteiger partial charge >= 0.3 is 0 Å². The maximum atomic E-state index is 12.2. The Kier molecular flexibility index (Phi) is 4.16. The topological polar surface area (TPSA) is 78.4 Å². The van der Waals surface area contributed by atoms with Crippen LogP contribution in [0.2, 0.25) is 0 Å². The van der Waals surface area contributed by atoms with Crippen molar-refractivity contribution in [2.75, 3.05) is 18.5 Å². The van der Waals surface area contributed by atoms with Crippen LogP contribution in [0.4, 0.5) is 5.69 Å². The number of fused-ring (bicyclic) bond motifs is 1. The fraction of sp³-hybridized carbons (Fsp3) is 0.429. The Hall–Kier alpha value is -1.88. The summed E-state index contributed by atoms with van der Waals surface area (Å²) in [5.74, 6) is -0.746. The molecule has 0 radical (unpaired) electrons. The van der Waals surface area contributed by atoms with Crippen molar-refractivity contribution in [1.82, 2.24) is 5.32 Å². The first-order valence-corrected chi connectivity index (χ1v) is 6.39. The predicted octanol–water partition coefficient (Wildman–Crippen LogP) is 0.857. The van der Waals surface area contributed by atoms with Crippen LogP contribution in [-0.2, 0) is 9.59 Å². The van der Waals surface area contributed by atoms with E-state index in [4.69, 9.17) is 5.11 Å². The van der Waals surface area contributed by atoms with E-state index in [1.165, 1.54) is 0 Å². The van der Waals surface area contributed by atoms with Gasteiger partial charge in [-0.1, -0.05) is 25.1 Å². The molecule has 0 fully saturated rings. The van der Waals surface area contributed by atoms with Crippen molar-refractivity contribution < 1.29 is 14.7 Å². The van der Waals surface area contributed by atoms with Gasteiger partial charge in [-0.25, -0.2) is 0 Å². The van der Waals surface area contributed by atoms with E-state index < -0.39 is 5.92 Å². The minimum absolute atomic E-state index is 0.0108. The molecule has 1 aliphatic heterocycles. The van der Waals surface area contributed by atoms with Crippen LogP contribution in [0.15, 0.2) is 24.3 Å². The van der Waals surface area contributed by atoms with Gasteiger partial charge in [0.1, 0.15) is 0 Å². The first-order valence-electron chi connectivity index (χ1n) is 6.39. The van der Waals surface area contributed by atoms with Gasteiger partial charge in [-0.2, -0.15) is 0 Å². The first-order chi connectivity index (χ1) is 9.11. The molecule has 0 saturated heterocycles. The summed E-state index contributed by atoms with van der Waals surface area (Å²) in [6, 6.07) is 7.33. The average molecular weight is 262 g/mol. The van der Waals surface area contributed by atoms with Crippen LogP contribution in [0.5, 0.6) is 0 Å². The number of amides is 2. The normalized spacial score (nSPS) is 19.3. The summed E-state index contributed by atoms with van der Waals surface area (Å²) in [6.45, 7) is 2.29. The second-order valence-corrected chi connectivity index (χ2v) is 4.93. The molecule has 1 heterocycles. The van der Waals surface area contributed by atoms with Crippen LogP contribution in [0.1, 0.15) is 24.8 Å². The minimum Gasteiger partial charge on any atom is -0.396 e. The van der Waals surface area contributed by atoms with E-state index in [1.54, 1.807) is 6.07 Å². The van der Waals surface area contributed by atoms with Crippen LogP contribution >= 0.6 is 0 Å². The third-order valence-corrected chi connectivity index (χ3v) is 3.25. The van der Waals surface area contributed by atoms with Crippen LogP contribution < -0.4 is 10.6 Å². The van der Waals surface area contributed by atoms with Gasteiger partial charge < -0.3 is 15.7 Å². The standard InChI is InChI=1S/C14H18N2O3/c1-9(8-17)7-15-14(19)11-6-13(18)16-12-5-3-2-4-10(11)12/h2-5,9,11,17H,6-8H2,1H3,(H,15,19)(H,16,18). The lowest BCUT2D eigenvalue weighted by Gasteiger charge is -2.25. The zero-order chi connectivity index (χ0) is 13.8. The highest BCUT2D eigenvalue weighted by Crippen LogP contribution is 2.31. The monoisotopic (exact) mass is 262 g/mol. The van der Waals surface area contributed by atoms with Gasteiger partial charge in [-0.05, 0) is 17.5 Å². The van der Waals surface area contributed by atoms with E-state index in [-0.39, 0.29) is 30.8 Å². The summed E-state index contributed by atoms with van der Waals surface area (Å²) in [6.07, 6.45) is 0.163. The van der Waals surface area contributed by atoms with Crippen molar-refractivity contribution in [3.63, 3.8) is 0 Å². The number of anilines is 1. The van der Waals surface area contributed by atoms with E-state index in [1.807, 2.05) is 25.1 Å². The number of carbonyl (C=O) groups is 2. The number of benzene rings is 1. The van der Waals surface area contributed by atoms with Crippen molar-refractivity contribution in [3.05, 3.63) is 29.8 Å². The molecule has 0 aromatic heterocycles. The third kappa shape index (κ3) is 3.12. The van der Waals surface area contributed by atoms with Crippen molar-refractivity contribution in [1.29, 1.82) is 0 Å². The SMILES string of the molecule is CC(CO)CNC(=O)C1CC(=O)Nc2ccccc21. The Morgan fingerprint density at radius 2 is 2.26 bits per heavy atom. The van der Waals surface area contributed by atoms with Crippen LogP contribution in [0.25, 0.3) is 0 Å². The van der Waals surface area contributed by atoms with Crippen LogP contribution in [-0.4, -0.2) is 30.1 Å². The van der Waals surface area contributed by atoms with Crippen LogP contribution in [0.3, 0.4) is 0 Å². The molecule has 5 nitrogen and oxygen atoms in total. The van der Waals surface area contributed by atoms with Gasteiger partial charge in [-0.15, -0.1) is 0 Å². The second-order valence-electron chi connectivity index (χ2n) is 4.93. The fourth-order valence-corrected chi connectivity index (χ4v) is 2.11. The number of hydrogen-bond acceptors (Lipinski definition) is 3. The summed E-state index contributed by atoms with van der Waals surface area (Å²) in [5, 5.41) is 14.5. The summed E-state index contributed by atoms with van der Waals surface area (Å²) in [4.78, 5) is 23.8. The fourth-order valence-electron chi connectivity index (χ4n) is 2.11. The Morgan fingerprint density at radius 3 is 3.00 bits per heavy atom. The average Bonchev–Trinajstić information content (AvgIpc) is 2.43. The molecule has 5 heteroatoms. The number of aliphatic hydroxyl groups is 1. The number of hydrogen-bond donors (Lipinski definition) is 3. The molecule has 0 spiro atoms. The smallest absolute Gasteiger partial charge is 0.228 e. The molecular formula is C14H18N2O3. The number of nitrogens with one attached hydrogen (secondary N) is 2. The molecule has 19 heavy (non-hydrogen) atoms. The molecule has 2 amide bonds. The highest BCUT2D eigenvalue weighted by Gasteiger charge is 2.30. The van der Waals surface area contributed by atoms with Crippen molar-refractivity contribution in [2.24, 2.45) is 5.92 Å². The summed E-state index contributed by atoms with van der Waals surface area (Å²) in [5.41, 5.74) is 1.55. The first kappa shape index (κ1) is 13.5. The lowest BCUT2D eigenvalue weighted by Crippen LogP contribution is -2.37. The van der Waals surface area contributed by atoms with E-state index in [0.29, 0.717) is 12.2 Å². The van der Waals surface area contributed by atoms with Gasteiger partial charge in [-0.3, -0.25) is 9.59 Å². The lowest BCUT2D eigenvalue weighted by atomic mass is 9.89. The molecule has 2 atom stereocenters. The maximum absolute atomic E-state index is 12.2. The Balaban J connectivity index is 2.11. The molecule has 0 bridgehead atoms. The minimum atomic E-state index is -0.448. The summed E-state index contributed by atoms with van der Waals surface area (Å²) in [7, 11) is 0. The van der Waals surface area contributed by atoms with Gasteiger partial charge in [0.25, 0.3) is 0 Å². The molecule has 3 N–H and O–H groups in total. The third-order valence-electron chi connectivity index (χ3n) is 3.25. The Labute approximate surface area is 112 Å². The molecule has 0 saturated carbocycles. The Morgan fingerprint density at radius 1 is 1.53 bits per heavy atom. The number of carbonyl (C=O) groups excluding carboxylic acids is 2. The van der Waals surface area contributed by atoms with E-state index >= 15 is 0 Å².